The predicted octanol–water partition coefficient (Wildman–Crippen LogP) is 2.22. The quantitative estimate of drug-likeness (QED) is 0.756. The Hall–Kier alpha value is -1.21. The average Bonchev–Trinajstić information content (AvgIpc) is 2.35. The monoisotopic (exact) mass is 292 g/mol. The number of hydrogen-bond acceptors (Lipinski definition) is 4. The van der Waals surface area contributed by atoms with Crippen molar-refractivity contribution in [1.29, 1.82) is 0 Å². The molecule has 0 bridgehead atoms. The fourth-order valence-corrected chi connectivity index (χ4v) is 2.24. The van der Waals surface area contributed by atoms with Crippen LogP contribution in [0.25, 0.3) is 0 Å². The fraction of sp³-hybridized carbons (Fsp3) is 0.500. The molecule has 0 saturated carbocycles. The van der Waals surface area contributed by atoms with Crippen molar-refractivity contribution in [2.24, 2.45) is 5.73 Å². The lowest BCUT2D eigenvalue weighted by Gasteiger charge is -2.09. The number of nitrogens with two attached hydrogens (primary N) is 1. The van der Waals surface area contributed by atoms with Crippen LogP contribution >= 0.6 is 0 Å². The van der Waals surface area contributed by atoms with Gasteiger partial charge in [0.25, 0.3) is 0 Å². The third kappa shape index (κ3) is 4.76. The number of benzene rings is 1. The summed E-state index contributed by atoms with van der Waals surface area (Å²) >= 11 is 0. The summed E-state index contributed by atoms with van der Waals surface area (Å²) in [5.41, 5.74) is 6.29. The van der Waals surface area contributed by atoms with Gasteiger partial charge in [-0.25, -0.2) is 8.42 Å². The van der Waals surface area contributed by atoms with Crippen LogP contribution in [0, 0.1) is 0 Å². The third-order valence-corrected chi connectivity index (χ3v) is 3.98. The summed E-state index contributed by atoms with van der Waals surface area (Å²) in [6, 6.07) is 5.44. The molecule has 3 N–H and O–H groups in total. The molecule has 0 aliphatic carbocycles. The lowest BCUT2D eigenvalue weighted by atomic mass is 10.2. The molecule has 7 heteroatoms. The van der Waals surface area contributed by atoms with Crippen molar-refractivity contribution < 1.29 is 17.2 Å². The molecular formula is C12H18F2N2O2S. The second kappa shape index (κ2) is 6.81. The molecule has 1 aromatic carbocycles. The summed E-state index contributed by atoms with van der Waals surface area (Å²) < 4.78 is 47.0. The highest BCUT2D eigenvalue weighted by molar-refractivity contribution is 7.91. The summed E-state index contributed by atoms with van der Waals surface area (Å²) in [5, 5.41) is 3.07. The van der Waals surface area contributed by atoms with Gasteiger partial charge >= 0.3 is 5.76 Å². The number of hydrogen-bond donors (Lipinski definition) is 2. The van der Waals surface area contributed by atoms with E-state index in [2.05, 4.69) is 5.32 Å². The van der Waals surface area contributed by atoms with E-state index in [0.717, 1.165) is 12.8 Å². The zero-order valence-electron chi connectivity index (χ0n) is 10.6. The van der Waals surface area contributed by atoms with Crippen LogP contribution in [0.1, 0.15) is 19.8 Å². The molecule has 0 aliphatic rings. The number of halogens is 2. The molecule has 0 radical (unpaired) electrons. The molecule has 0 saturated heterocycles. The topological polar surface area (TPSA) is 72.2 Å². The Bertz CT molecular complexity index is 487. The Labute approximate surface area is 111 Å². The molecular weight excluding hydrogens is 274 g/mol. The largest absolute Gasteiger partial charge is 0.385 e. The first-order chi connectivity index (χ1) is 8.84. The molecule has 1 rings (SSSR count). The number of alkyl halides is 2. The van der Waals surface area contributed by atoms with Crippen LogP contribution in [0.15, 0.2) is 29.2 Å². The van der Waals surface area contributed by atoms with E-state index in [-0.39, 0.29) is 10.9 Å². The minimum atomic E-state index is -4.51. The molecule has 1 atom stereocenters. The zero-order valence-corrected chi connectivity index (χ0v) is 11.5. The van der Waals surface area contributed by atoms with Crippen LogP contribution in [0.4, 0.5) is 14.5 Å². The molecule has 1 aromatic rings. The second-order valence-electron chi connectivity index (χ2n) is 4.38. The van der Waals surface area contributed by atoms with Gasteiger partial charge in [-0.3, -0.25) is 0 Å². The van der Waals surface area contributed by atoms with Gasteiger partial charge in [0.1, 0.15) is 0 Å². The maximum Gasteiger partial charge on any atom is 0.341 e. The van der Waals surface area contributed by atoms with Gasteiger partial charge in [-0.15, -0.1) is 0 Å². The Kier molecular flexibility index (Phi) is 5.68. The summed E-state index contributed by atoms with van der Waals surface area (Å²) in [7, 11) is -4.51. The van der Waals surface area contributed by atoms with Crippen LogP contribution < -0.4 is 11.1 Å². The maximum atomic E-state index is 12.3. The van der Waals surface area contributed by atoms with Gasteiger partial charge in [-0.1, -0.05) is 0 Å². The smallest absolute Gasteiger partial charge is 0.341 e. The van der Waals surface area contributed by atoms with E-state index in [1.165, 1.54) is 24.3 Å². The minimum Gasteiger partial charge on any atom is -0.385 e. The van der Waals surface area contributed by atoms with Crippen molar-refractivity contribution in [3.8, 4) is 0 Å². The average molecular weight is 292 g/mol. The Morgan fingerprint density at radius 2 is 1.84 bits per heavy atom. The molecule has 108 valence electrons. The number of sulfone groups is 1. The maximum absolute atomic E-state index is 12.3. The predicted molar refractivity (Wildman–Crippen MR) is 71.0 cm³/mol. The van der Waals surface area contributed by atoms with Crippen LogP contribution in [-0.4, -0.2) is 26.8 Å². The first-order valence-electron chi connectivity index (χ1n) is 5.95. The summed E-state index contributed by atoms with van der Waals surface area (Å²) in [5.74, 6) is -3.39. The standard InChI is InChI=1S/C12H18F2N2O2S/c1-9(15)3-2-8-16-10-4-6-11(7-5-10)19(17,18)12(13)14/h4-7,9,12,16H,2-3,8,15H2,1H3. The molecule has 0 amide bonds. The Morgan fingerprint density at radius 1 is 1.26 bits per heavy atom. The molecule has 0 fully saturated rings. The van der Waals surface area contributed by atoms with E-state index in [9.17, 15) is 17.2 Å². The summed E-state index contributed by atoms with van der Waals surface area (Å²) in [6.07, 6.45) is 1.76. The van der Waals surface area contributed by atoms with E-state index in [4.69, 9.17) is 5.73 Å². The van der Waals surface area contributed by atoms with Crippen molar-refractivity contribution in [1.82, 2.24) is 0 Å². The first kappa shape index (κ1) is 15.8. The molecule has 0 aromatic heterocycles. The molecule has 0 heterocycles. The van der Waals surface area contributed by atoms with Gasteiger partial charge in [0.05, 0.1) is 4.90 Å². The fourth-order valence-electron chi connectivity index (χ4n) is 1.52. The molecule has 0 spiro atoms. The summed E-state index contributed by atoms with van der Waals surface area (Å²) in [6.45, 7) is 2.62. The van der Waals surface area contributed by atoms with Crippen LogP contribution in [0.3, 0.4) is 0 Å². The van der Waals surface area contributed by atoms with Gasteiger partial charge in [-0.05, 0) is 44.0 Å². The molecule has 0 aliphatic heterocycles. The molecule has 4 nitrogen and oxygen atoms in total. The number of nitrogens with one attached hydrogen (secondary N) is 1. The SMILES string of the molecule is CC(N)CCCNc1ccc(S(=O)(=O)C(F)F)cc1. The molecule has 1 unspecified atom stereocenters. The van der Waals surface area contributed by atoms with Gasteiger partial charge in [0.15, 0.2) is 0 Å². The highest BCUT2D eigenvalue weighted by atomic mass is 32.2. The van der Waals surface area contributed by atoms with Crippen molar-refractivity contribution in [2.75, 3.05) is 11.9 Å². The van der Waals surface area contributed by atoms with E-state index in [1.807, 2.05) is 6.92 Å². The third-order valence-electron chi connectivity index (χ3n) is 2.58. The van der Waals surface area contributed by atoms with Gasteiger partial charge < -0.3 is 11.1 Å². The number of rotatable bonds is 7. The Morgan fingerprint density at radius 3 is 2.32 bits per heavy atom. The van der Waals surface area contributed by atoms with E-state index >= 15 is 0 Å². The minimum absolute atomic E-state index is 0.139. The van der Waals surface area contributed by atoms with Crippen molar-refractivity contribution in [3.05, 3.63) is 24.3 Å². The van der Waals surface area contributed by atoms with Crippen molar-refractivity contribution in [2.45, 2.75) is 36.5 Å². The van der Waals surface area contributed by atoms with Crippen LogP contribution in [-0.2, 0) is 9.84 Å². The van der Waals surface area contributed by atoms with Crippen LogP contribution in [0.5, 0.6) is 0 Å². The van der Waals surface area contributed by atoms with E-state index < -0.39 is 15.6 Å². The lowest BCUT2D eigenvalue weighted by Crippen LogP contribution is -2.16. The van der Waals surface area contributed by atoms with E-state index in [1.54, 1.807) is 0 Å². The van der Waals surface area contributed by atoms with Gasteiger partial charge in [0, 0.05) is 18.3 Å². The zero-order chi connectivity index (χ0) is 14.5. The highest BCUT2D eigenvalue weighted by Crippen LogP contribution is 2.20. The van der Waals surface area contributed by atoms with E-state index in [0.29, 0.717) is 12.2 Å². The Balaban J connectivity index is 2.58. The first-order valence-corrected chi connectivity index (χ1v) is 7.50. The number of anilines is 1. The van der Waals surface area contributed by atoms with Gasteiger partial charge in [-0.2, -0.15) is 8.78 Å². The van der Waals surface area contributed by atoms with Crippen molar-refractivity contribution in [3.63, 3.8) is 0 Å². The summed E-state index contributed by atoms with van der Waals surface area (Å²) in [4.78, 5) is -0.372. The highest BCUT2D eigenvalue weighted by Gasteiger charge is 2.26. The molecule has 19 heavy (non-hydrogen) atoms. The lowest BCUT2D eigenvalue weighted by molar-refractivity contribution is 0.234. The van der Waals surface area contributed by atoms with Gasteiger partial charge in [0.2, 0.25) is 9.84 Å². The second-order valence-corrected chi connectivity index (χ2v) is 6.29. The van der Waals surface area contributed by atoms with Crippen LogP contribution in [0.2, 0.25) is 0 Å². The van der Waals surface area contributed by atoms with Crippen molar-refractivity contribution >= 4 is 15.5 Å². The normalized spacial score (nSPS) is 13.5.